The van der Waals surface area contributed by atoms with Gasteiger partial charge in [0, 0.05) is 54.3 Å². The van der Waals surface area contributed by atoms with E-state index in [-0.39, 0.29) is 54.5 Å². The SMILES string of the molecule is CC(C)Oc1cc(C(=O)NCCCOc2cccc(C(O)(C(=O)OCC3CCN(Cc4ccccc4)CC3)c3ccccc3)c2)ccc1CNC[C@H](O)c1ccc(O)c2[nH]c(=O)ccc12. The number of nitrogens with zero attached hydrogens (tertiary/aromatic N) is 1. The van der Waals surface area contributed by atoms with Gasteiger partial charge in [-0.25, -0.2) is 4.79 Å². The molecule has 0 aliphatic carbocycles. The molecule has 0 spiro atoms. The number of piperidine rings is 1. The minimum Gasteiger partial charge on any atom is -0.506 e. The summed E-state index contributed by atoms with van der Waals surface area (Å²) in [5.41, 5.74) is 1.62. The Morgan fingerprint density at radius 1 is 0.877 bits per heavy atom. The van der Waals surface area contributed by atoms with E-state index in [1.165, 1.54) is 17.7 Å². The first kappa shape index (κ1) is 46.5. The monoisotopic (exact) mass is 882 g/mol. The molecule has 2 heterocycles. The standard InChI is InChI=1S/C52H58N4O9/c1-35(2)65-47-29-38(17-18-39(47)31-53-32-46(58)43-19-21-45(57)49-44(43)20-22-48(59)55-49)50(60)54-25-10-28-63-42-16-9-15-41(30-42)52(62,40-13-7-4-8-14-40)51(61)64-34-37-23-26-56(27-24-37)33-36-11-5-3-6-12-36/h3-9,11-22,29-30,35,37,46,53,57-58,62H,10,23-28,31-34H2,1-2H3,(H,54,60)(H,55,59)/t46-,52?/m0/s1. The Kier molecular flexibility index (Phi) is 15.7. The summed E-state index contributed by atoms with van der Waals surface area (Å²) >= 11 is 0. The molecule has 1 aliphatic rings. The van der Waals surface area contributed by atoms with Crippen LogP contribution >= 0.6 is 0 Å². The van der Waals surface area contributed by atoms with Gasteiger partial charge in [0.15, 0.2) is 0 Å². The van der Waals surface area contributed by atoms with Crippen LogP contribution in [0.15, 0.2) is 132 Å². The van der Waals surface area contributed by atoms with E-state index in [1.807, 2.05) is 32.0 Å². The van der Waals surface area contributed by atoms with Gasteiger partial charge >= 0.3 is 5.97 Å². The Morgan fingerprint density at radius 2 is 1.62 bits per heavy atom. The zero-order chi connectivity index (χ0) is 45.8. The zero-order valence-electron chi connectivity index (χ0n) is 36.9. The molecule has 2 atom stereocenters. The molecule has 0 saturated carbocycles. The largest absolute Gasteiger partial charge is 0.506 e. The first-order chi connectivity index (χ1) is 31.5. The highest BCUT2D eigenvalue weighted by molar-refractivity contribution is 5.94. The van der Waals surface area contributed by atoms with Gasteiger partial charge in [-0.2, -0.15) is 0 Å². The molecular formula is C52H58N4O9. The third-order valence-electron chi connectivity index (χ3n) is 11.6. The van der Waals surface area contributed by atoms with Gasteiger partial charge < -0.3 is 45.1 Å². The summed E-state index contributed by atoms with van der Waals surface area (Å²) in [5.74, 6) is 0.0913. The number of benzene rings is 5. The number of aromatic nitrogens is 1. The number of aliphatic hydroxyl groups excluding tert-OH is 1. The van der Waals surface area contributed by atoms with Crippen molar-refractivity contribution in [2.24, 2.45) is 5.92 Å². The normalized spacial score (nSPS) is 14.7. The molecule has 0 bridgehead atoms. The quantitative estimate of drug-likeness (QED) is 0.0353. The number of aromatic amines is 1. The van der Waals surface area contributed by atoms with E-state index in [4.69, 9.17) is 14.2 Å². The van der Waals surface area contributed by atoms with Crippen molar-refractivity contribution in [3.8, 4) is 17.2 Å². The van der Waals surface area contributed by atoms with E-state index < -0.39 is 17.7 Å². The van der Waals surface area contributed by atoms with Crippen LogP contribution in [0.3, 0.4) is 0 Å². The molecule has 1 amide bonds. The number of carbonyl (C=O) groups is 2. The fourth-order valence-electron chi connectivity index (χ4n) is 8.12. The number of nitrogens with one attached hydrogen (secondary N) is 3. The van der Waals surface area contributed by atoms with Crippen LogP contribution in [-0.4, -0.2) is 82.6 Å². The number of ether oxygens (including phenoxy) is 3. The van der Waals surface area contributed by atoms with Crippen molar-refractivity contribution < 1.29 is 39.1 Å². The van der Waals surface area contributed by atoms with Gasteiger partial charge in [-0.15, -0.1) is 0 Å². The van der Waals surface area contributed by atoms with Gasteiger partial charge in [-0.3, -0.25) is 14.5 Å². The summed E-state index contributed by atoms with van der Waals surface area (Å²) in [6, 6.07) is 37.2. The number of phenols is 1. The van der Waals surface area contributed by atoms with Crippen LogP contribution in [0.1, 0.15) is 77.4 Å². The van der Waals surface area contributed by atoms with Gasteiger partial charge in [0.05, 0.1) is 30.9 Å². The van der Waals surface area contributed by atoms with Crippen molar-refractivity contribution in [2.45, 2.75) is 64.0 Å². The molecule has 5 aromatic carbocycles. The number of fused-ring (bicyclic) bond motifs is 1. The summed E-state index contributed by atoms with van der Waals surface area (Å²) in [5, 5.41) is 40.1. The third kappa shape index (κ3) is 12.0. The Bertz CT molecular complexity index is 2580. The maximum absolute atomic E-state index is 13.9. The summed E-state index contributed by atoms with van der Waals surface area (Å²) in [7, 11) is 0. The average Bonchev–Trinajstić information content (AvgIpc) is 3.32. The van der Waals surface area contributed by atoms with Crippen LogP contribution < -0.4 is 25.7 Å². The number of rotatable bonds is 20. The molecule has 1 aromatic heterocycles. The number of H-pyrrole nitrogens is 1. The molecular weight excluding hydrogens is 825 g/mol. The van der Waals surface area contributed by atoms with E-state index in [1.54, 1.807) is 72.8 Å². The average molecular weight is 883 g/mol. The molecule has 0 radical (unpaired) electrons. The Labute approximate surface area is 379 Å². The predicted octanol–water partition coefficient (Wildman–Crippen LogP) is 6.73. The molecule has 6 N–H and O–H groups in total. The number of esters is 1. The zero-order valence-corrected chi connectivity index (χ0v) is 36.9. The van der Waals surface area contributed by atoms with Crippen molar-refractivity contribution in [3.05, 3.63) is 171 Å². The van der Waals surface area contributed by atoms with Crippen LogP contribution in [0, 0.1) is 5.92 Å². The molecule has 1 saturated heterocycles. The van der Waals surface area contributed by atoms with E-state index in [0.717, 1.165) is 38.0 Å². The number of amides is 1. The summed E-state index contributed by atoms with van der Waals surface area (Å²) in [6.07, 6.45) is 1.18. The smallest absolute Gasteiger partial charge is 0.347 e. The fraction of sp³-hybridized carbons (Fsp3) is 0.327. The number of carbonyl (C=O) groups excluding carboxylic acids is 2. The van der Waals surface area contributed by atoms with Gasteiger partial charge in [0.1, 0.15) is 17.2 Å². The lowest BCUT2D eigenvalue weighted by Crippen LogP contribution is -2.40. The minimum atomic E-state index is -2.06. The lowest BCUT2D eigenvalue weighted by atomic mass is 9.86. The molecule has 1 unspecified atom stereocenters. The Hall–Kier alpha value is -6.51. The second-order valence-corrected chi connectivity index (χ2v) is 16.8. The van der Waals surface area contributed by atoms with Crippen molar-refractivity contribution in [3.63, 3.8) is 0 Å². The Balaban J connectivity index is 0.899. The highest BCUT2D eigenvalue weighted by Crippen LogP contribution is 2.34. The molecule has 13 nitrogen and oxygen atoms in total. The summed E-state index contributed by atoms with van der Waals surface area (Å²) < 4.78 is 18.0. The number of aliphatic hydroxyl groups is 2. The van der Waals surface area contributed by atoms with Crippen LogP contribution in [0.2, 0.25) is 0 Å². The fourth-order valence-corrected chi connectivity index (χ4v) is 8.12. The van der Waals surface area contributed by atoms with Gasteiger partial charge in [0.2, 0.25) is 11.2 Å². The first-order valence-corrected chi connectivity index (χ1v) is 22.2. The number of likely N-dealkylation sites (tertiary alicyclic amines) is 1. The lowest BCUT2D eigenvalue weighted by molar-refractivity contribution is -0.164. The van der Waals surface area contributed by atoms with E-state index >= 15 is 0 Å². The lowest BCUT2D eigenvalue weighted by Gasteiger charge is -2.33. The molecule has 7 rings (SSSR count). The summed E-state index contributed by atoms with van der Waals surface area (Å²) in [4.78, 5) is 44.0. The van der Waals surface area contributed by atoms with Gasteiger partial charge in [0.25, 0.3) is 5.91 Å². The van der Waals surface area contributed by atoms with E-state index in [9.17, 15) is 29.7 Å². The highest BCUT2D eigenvalue weighted by Gasteiger charge is 2.42. The molecule has 1 aliphatic heterocycles. The van der Waals surface area contributed by atoms with Crippen molar-refractivity contribution >= 4 is 22.8 Å². The van der Waals surface area contributed by atoms with Gasteiger partial charge in [-0.05, 0) is 105 Å². The van der Waals surface area contributed by atoms with E-state index in [2.05, 4.69) is 44.8 Å². The van der Waals surface area contributed by atoms with Crippen molar-refractivity contribution in [2.75, 3.05) is 39.4 Å². The molecule has 65 heavy (non-hydrogen) atoms. The van der Waals surface area contributed by atoms with Crippen LogP contribution in [0.4, 0.5) is 0 Å². The van der Waals surface area contributed by atoms with Crippen molar-refractivity contribution in [1.82, 2.24) is 20.5 Å². The number of aromatic hydroxyl groups is 1. The van der Waals surface area contributed by atoms with Crippen LogP contribution in [0.5, 0.6) is 17.2 Å². The molecule has 340 valence electrons. The topological polar surface area (TPSA) is 183 Å². The first-order valence-electron chi connectivity index (χ1n) is 22.2. The number of phenolic OH excluding ortho intramolecular Hbond substituents is 1. The van der Waals surface area contributed by atoms with Crippen LogP contribution in [0.25, 0.3) is 10.9 Å². The minimum absolute atomic E-state index is 0.0804. The maximum atomic E-state index is 13.9. The number of hydrogen-bond donors (Lipinski definition) is 6. The molecule has 1 fully saturated rings. The number of hydrogen-bond acceptors (Lipinski definition) is 11. The van der Waals surface area contributed by atoms with Crippen LogP contribution in [-0.2, 0) is 28.2 Å². The second kappa shape index (κ2) is 21.9. The molecule has 13 heteroatoms. The molecule has 6 aromatic rings. The maximum Gasteiger partial charge on any atom is 0.347 e. The number of pyridine rings is 1. The summed E-state index contributed by atoms with van der Waals surface area (Å²) in [6.45, 7) is 7.83. The highest BCUT2D eigenvalue weighted by atomic mass is 16.6. The second-order valence-electron chi connectivity index (χ2n) is 16.8. The van der Waals surface area contributed by atoms with Gasteiger partial charge in [-0.1, -0.05) is 84.9 Å². The third-order valence-corrected chi connectivity index (χ3v) is 11.6. The van der Waals surface area contributed by atoms with Crippen molar-refractivity contribution in [1.29, 1.82) is 0 Å². The predicted molar refractivity (Wildman–Crippen MR) is 249 cm³/mol. The Morgan fingerprint density at radius 3 is 2.37 bits per heavy atom. The van der Waals surface area contributed by atoms with E-state index in [0.29, 0.717) is 58.6 Å².